The summed E-state index contributed by atoms with van der Waals surface area (Å²) in [6.45, 7) is 1.94. The molecule has 4 nitrogen and oxygen atoms in total. The van der Waals surface area contributed by atoms with Crippen molar-refractivity contribution in [1.82, 2.24) is 5.32 Å². The van der Waals surface area contributed by atoms with Crippen molar-refractivity contribution in [1.29, 1.82) is 0 Å². The van der Waals surface area contributed by atoms with E-state index >= 15 is 0 Å². The molecule has 6 heteroatoms. The van der Waals surface area contributed by atoms with Crippen LogP contribution in [0.3, 0.4) is 0 Å². The second kappa shape index (κ2) is 6.10. The lowest BCUT2D eigenvalue weighted by Gasteiger charge is -2.23. The summed E-state index contributed by atoms with van der Waals surface area (Å²) < 4.78 is 42.2. The summed E-state index contributed by atoms with van der Waals surface area (Å²) in [5.74, 6) is 0.233. The highest BCUT2D eigenvalue weighted by atomic mass is 32.2. The molecule has 112 valence electrons. The molecule has 1 aromatic carbocycles. The summed E-state index contributed by atoms with van der Waals surface area (Å²) in [5, 5.41) is 3.28. The van der Waals surface area contributed by atoms with Crippen molar-refractivity contribution in [3.8, 4) is 5.75 Å². The first kappa shape index (κ1) is 15.3. The maximum atomic E-state index is 14.0. The zero-order valence-corrected chi connectivity index (χ0v) is 12.6. The van der Waals surface area contributed by atoms with Crippen LogP contribution in [0.15, 0.2) is 17.0 Å². The molecular weight excluding hydrogens is 281 g/mol. The Morgan fingerprint density at radius 2 is 2.00 bits per heavy atom. The van der Waals surface area contributed by atoms with Gasteiger partial charge in [-0.05, 0) is 49.9 Å². The normalized spacial score (nSPS) is 17.1. The number of hydrogen-bond acceptors (Lipinski definition) is 4. The second-order valence-corrected chi connectivity index (χ2v) is 7.25. The zero-order chi connectivity index (χ0) is 14.8. The third-order valence-electron chi connectivity index (χ3n) is 3.70. The van der Waals surface area contributed by atoms with Crippen LogP contribution in [-0.4, -0.2) is 34.9 Å². The van der Waals surface area contributed by atoms with Crippen molar-refractivity contribution >= 4 is 9.84 Å². The lowest BCUT2D eigenvalue weighted by Crippen LogP contribution is -2.28. The van der Waals surface area contributed by atoms with Gasteiger partial charge in [0.05, 0.1) is 7.11 Å². The predicted octanol–water partition coefficient (Wildman–Crippen LogP) is 1.78. The van der Waals surface area contributed by atoms with E-state index in [2.05, 4.69) is 5.32 Å². The Bertz CT molecular complexity index is 580. The molecule has 0 aromatic heterocycles. The maximum absolute atomic E-state index is 14.0. The van der Waals surface area contributed by atoms with Crippen molar-refractivity contribution in [2.45, 2.75) is 24.2 Å². The van der Waals surface area contributed by atoms with Gasteiger partial charge in [0.15, 0.2) is 9.84 Å². The minimum Gasteiger partial charge on any atom is -0.496 e. The number of ether oxygens (including phenoxy) is 1. The number of benzene rings is 1. The third kappa shape index (κ3) is 3.49. The zero-order valence-electron chi connectivity index (χ0n) is 11.8. The highest BCUT2D eigenvalue weighted by Crippen LogP contribution is 2.29. The molecular formula is C14H20FNO3S. The highest BCUT2D eigenvalue weighted by Gasteiger charge is 2.21. The number of halogens is 1. The molecule has 2 rings (SSSR count). The average molecular weight is 301 g/mol. The molecule has 1 aliphatic rings. The van der Waals surface area contributed by atoms with Gasteiger partial charge in [0, 0.05) is 12.3 Å². The number of rotatable bonds is 4. The molecule has 1 aromatic rings. The summed E-state index contributed by atoms with van der Waals surface area (Å²) in [5.41, 5.74) is 0.740. The van der Waals surface area contributed by atoms with Crippen LogP contribution in [-0.2, 0) is 16.3 Å². The van der Waals surface area contributed by atoms with Gasteiger partial charge in [-0.3, -0.25) is 0 Å². The summed E-state index contributed by atoms with van der Waals surface area (Å²) in [7, 11) is -2.10. The molecule has 1 N–H and O–H groups in total. The quantitative estimate of drug-likeness (QED) is 0.921. The van der Waals surface area contributed by atoms with E-state index in [1.54, 1.807) is 0 Å². The van der Waals surface area contributed by atoms with E-state index in [4.69, 9.17) is 4.74 Å². The standard InChI is InChI=1S/C14H20FNO3S/c1-19-13-9-14(20(2,17)18)12(15)8-11(13)7-10-3-5-16-6-4-10/h8-10,16H,3-7H2,1-2H3. The highest BCUT2D eigenvalue weighted by molar-refractivity contribution is 7.90. The minimum absolute atomic E-state index is 0.302. The van der Waals surface area contributed by atoms with Crippen molar-refractivity contribution in [3.05, 3.63) is 23.5 Å². The summed E-state index contributed by atoms with van der Waals surface area (Å²) >= 11 is 0. The number of nitrogens with one attached hydrogen (secondary N) is 1. The van der Waals surface area contributed by atoms with Gasteiger partial charge < -0.3 is 10.1 Å². The first-order valence-corrected chi connectivity index (χ1v) is 8.58. The van der Waals surface area contributed by atoms with Gasteiger partial charge in [0.1, 0.15) is 16.5 Å². The van der Waals surface area contributed by atoms with Gasteiger partial charge in [-0.2, -0.15) is 0 Å². The monoisotopic (exact) mass is 301 g/mol. The predicted molar refractivity (Wildman–Crippen MR) is 75.4 cm³/mol. The molecule has 0 unspecified atom stereocenters. The lowest BCUT2D eigenvalue weighted by atomic mass is 9.90. The Kier molecular flexibility index (Phi) is 4.65. The fourth-order valence-corrected chi connectivity index (χ4v) is 3.34. The van der Waals surface area contributed by atoms with Gasteiger partial charge in [-0.15, -0.1) is 0 Å². The smallest absolute Gasteiger partial charge is 0.178 e. The van der Waals surface area contributed by atoms with Gasteiger partial charge in [-0.25, -0.2) is 12.8 Å². The molecule has 1 heterocycles. The van der Waals surface area contributed by atoms with Gasteiger partial charge in [0.2, 0.25) is 0 Å². The van der Waals surface area contributed by atoms with Crippen LogP contribution >= 0.6 is 0 Å². The van der Waals surface area contributed by atoms with Gasteiger partial charge in [-0.1, -0.05) is 0 Å². The van der Waals surface area contributed by atoms with Gasteiger partial charge in [0.25, 0.3) is 0 Å². The molecule has 0 radical (unpaired) electrons. The number of methoxy groups -OCH3 is 1. The van der Waals surface area contributed by atoms with Crippen LogP contribution in [0.5, 0.6) is 5.75 Å². The molecule has 0 bridgehead atoms. The van der Waals surface area contributed by atoms with Crippen LogP contribution in [0, 0.1) is 11.7 Å². The molecule has 0 spiro atoms. The van der Waals surface area contributed by atoms with Crippen LogP contribution in [0.2, 0.25) is 0 Å². The Hall–Kier alpha value is -1.14. The topological polar surface area (TPSA) is 55.4 Å². The first-order valence-electron chi connectivity index (χ1n) is 6.69. The van der Waals surface area contributed by atoms with Crippen LogP contribution < -0.4 is 10.1 Å². The van der Waals surface area contributed by atoms with Crippen LogP contribution in [0.25, 0.3) is 0 Å². The number of sulfone groups is 1. The van der Waals surface area contributed by atoms with E-state index in [1.165, 1.54) is 19.2 Å². The van der Waals surface area contributed by atoms with E-state index in [-0.39, 0.29) is 4.90 Å². The van der Waals surface area contributed by atoms with E-state index in [0.29, 0.717) is 18.1 Å². The minimum atomic E-state index is -3.58. The van der Waals surface area contributed by atoms with Crippen molar-refractivity contribution < 1.29 is 17.5 Å². The molecule has 1 aliphatic heterocycles. The average Bonchev–Trinajstić information content (AvgIpc) is 2.38. The molecule has 20 heavy (non-hydrogen) atoms. The summed E-state index contributed by atoms with van der Waals surface area (Å²) in [6, 6.07) is 2.60. The van der Waals surface area contributed by atoms with E-state index in [0.717, 1.165) is 37.8 Å². The molecule has 0 aliphatic carbocycles. The fraction of sp³-hybridized carbons (Fsp3) is 0.571. The Labute approximate surface area is 119 Å². The summed E-state index contributed by atoms with van der Waals surface area (Å²) in [6.07, 6.45) is 3.79. The number of hydrogen-bond donors (Lipinski definition) is 1. The first-order chi connectivity index (χ1) is 9.41. The fourth-order valence-electron chi connectivity index (χ4n) is 2.61. The Morgan fingerprint density at radius 1 is 1.35 bits per heavy atom. The van der Waals surface area contributed by atoms with Crippen molar-refractivity contribution in [2.75, 3.05) is 26.5 Å². The SMILES string of the molecule is COc1cc(S(C)(=O)=O)c(F)cc1CC1CCNCC1. The lowest BCUT2D eigenvalue weighted by molar-refractivity contribution is 0.359. The van der Waals surface area contributed by atoms with E-state index in [1.807, 2.05) is 0 Å². The van der Waals surface area contributed by atoms with E-state index in [9.17, 15) is 12.8 Å². The molecule has 1 saturated heterocycles. The molecule has 0 amide bonds. The largest absolute Gasteiger partial charge is 0.496 e. The van der Waals surface area contributed by atoms with Crippen molar-refractivity contribution in [3.63, 3.8) is 0 Å². The van der Waals surface area contributed by atoms with Crippen LogP contribution in [0.1, 0.15) is 18.4 Å². The second-order valence-electron chi connectivity index (χ2n) is 5.26. The molecule has 0 saturated carbocycles. The van der Waals surface area contributed by atoms with Crippen LogP contribution in [0.4, 0.5) is 4.39 Å². The Balaban J connectivity index is 2.31. The van der Waals surface area contributed by atoms with E-state index < -0.39 is 15.7 Å². The summed E-state index contributed by atoms with van der Waals surface area (Å²) in [4.78, 5) is -0.302. The maximum Gasteiger partial charge on any atom is 0.178 e. The van der Waals surface area contributed by atoms with Gasteiger partial charge >= 0.3 is 0 Å². The third-order valence-corrected chi connectivity index (χ3v) is 4.81. The number of piperidine rings is 1. The van der Waals surface area contributed by atoms with Crippen molar-refractivity contribution in [2.24, 2.45) is 5.92 Å². The Morgan fingerprint density at radius 3 is 2.55 bits per heavy atom. The molecule has 1 fully saturated rings. The molecule has 0 atom stereocenters.